The summed E-state index contributed by atoms with van der Waals surface area (Å²) in [5.74, 6) is 2.23. The van der Waals surface area contributed by atoms with Crippen LogP contribution in [-0.4, -0.2) is 29.5 Å². The average molecular weight is 174 g/mol. The summed E-state index contributed by atoms with van der Waals surface area (Å²) in [5.41, 5.74) is 0. The second kappa shape index (κ2) is 6.53. The maximum Gasteiger partial charge on any atom is 0.105 e. The third kappa shape index (κ3) is 5.13. The SMILES string of the molecule is CCC/N=C(/C)N(C)SCC. The summed E-state index contributed by atoms with van der Waals surface area (Å²) in [6.07, 6.45) is 1.13. The number of rotatable bonds is 4. The molecule has 0 amide bonds. The molecule has 0 aromatic rings. The van der Waals surface area contributed by atoms with Crippen LogP contribution in [0.1, 0.15) is 27.2 Å². The molecule has 3 heteroatoms. The minimum absolute atomic E-state index is 0.945. The molecule has 0 N–H and O–H groups in total. The van der Waals surface area contributed by atoms with Gasteiger partial charge < -0.3 is 4.31 Å². The van der Waals surface area contributed by atoms with E-state index < -0.39 is 0 Å². The van der Waals surface area contributed by atoms with Gasteiger partial charge in [0.25, 0.3) is 0 Å². The lowest BCUT2D eigenvalue weighted by molar-refractivity contribution is 0.809. The zero-order chi connectivity index (χ0) is 8.69. The van der Waals surface area contributed by atoms with Gasteiger partial charge in [0.2, 0.25) is 0 Å². The molecule has 0 aromatic carbocycles. The first-order valence-corrected chi connectivity index (χ1v) is 5.04. The Morgan fingerprint density at radius 3 is 2.55 bits per heavy atom. The highest BCUT2D eigenvalue weighted by Crippen LogP contribution is 2.06. The molecular weight excluding hydrogens is 156 g/mol. The number of hydrogen-bond acceptors (Lipinski definition) is 2. The molecule has 0 radical (unpaired) electrons. The third-order valence-corrected chi connectivity index (χ3v) is 2.25. The van der Waals surface area contributed by atoms with Crippen molar-refractivity contribution in [3.05, 3.63) is 0 Å². The molecule has 0 heterocycles. The van der Waals surface area contributed by atoms with E-state index >= 15 is 0 Å². The lowest BCUT2D eigenvalue weighted by atomic mass is 10.5. The lowest BCUT2D eigenvalue weighted by Gasteiger charge is -2.15. The maximum absolute atomic E-state index is 4.38. The number of amidine groups is 1. The van der Waals surface area contributed by atoms with Gasteiger partial charge in [0.05, 0.1) is 0 Å². The van der Waals surface area contributed by atoms with Crippen molar-refractivity contribution < 1.29 is 0 Å². The van der Waals surface area contributed by atoms with Gasteiger partial charge in [-0.3, -0.25) is 4.99 Å². The van der Waals surface area contributed by atoms with Crippen LogP contribution in [0.2, 0.25) is 0 Å². The molecule has 0 aromatic heterocycles. The fourth-order valence-corrected chi connectivity index (χ4v) is 1.29. The van der Waals surface area contributed by atoms with Crippen molar-refractivity contribution in [2.75, 3.05) is 19.3 Å². The van der Waals surface area contributed by atoms with Crippen LogP contribution in [0.5, 0.6) is 0 Å². The molecule has 66 valence electrons. The van der Waals surface area contributed by atoms with E-state index in [2.05, 4.69) is 37.1 Å². The summed E-state index contributed by atoms with van der Waals surface area (Å²) in [6, 6.07) is 0. The first kappa shape index (κ1) is 10.8. The fraction of sp³-hybridized carbons (Fsp3) is 0.875. The molecule has 0 fully saturated rings. The van der Waals surface area contributed by atoms with E-state index in [0.29, 0.717) is 0 Å². The zero-order valence-electron chi connectivity index (χ0n) is 7.92. The van der Waals surface area contributed by atoms with E-state index in [1.807, 2.05) is 0 Å². The summed E-state index contributed by atoms with van der Waals surface area (Å²) in [7, 11) is 2.06. The molecule has 11 heavy (non-hydrogen) atoms. The van der Waals surface area contributed by atoms with Crippen molar-refractivity contribution in [2.24, 2.45) is 4.99 Å². The van der Waals surface area contributed by atoms with Crippen molar-refractivity contribution in [1.82, 2.24) is 4.31 Å². The van der Waals surface area contributed by atoms with Crippen molar-refractivity contribution in [3.8, 4) is 0 Å². The maximum atomic E-state index is 4.38. The van der Waals surface area contributed by atoms with E-state index in [1.54, 1.807) is 11.9 Å². The Kier molecular flexibility index (Phi) is 6.42. The normalized spacial score (nSPS) is 11.8. The number of hydrogen-bond donors (Lipinski definition) is 0. The molecule has 0 saturated carbocycles. The fourth-order valence-electron chi connectivity index (χ4n) is 0.660. The largest absolute Gasteiger partial charge is 0.308 e. The minimum Gasteiger partial charge on any atom is -0.308 e. The van der Waals surface area contributed by atoms with Gasteiger partial charge in [-0.25, -0.2) is 0 Å². The summed E-state index contributed by atoms with van der Waals surface area (Å²) < 4.78 is 2.12. The second-order valence-electron chi connectivity index (χ2n) is 2.34. The van der Waals surface area contributed by atoms with E-state index in [1.165, 1.54) is 0 Å². The molecule has 0 aliphatic rings. The van der Waals surface area contributed by atoms with Crippen LogP contribution >= 0.6 is 11.9 Å². The highest BCUT2D eigenvalue weighted by molar-refractivity contribution is 7.97. The van der Waals surface area contributed by atoms with Crippen LogP contribution < -0.4 is 0 Å². The monoisotopic (exact) mass is 174 g/mol. The van der Waals surface area contributed by atoms with Gasteiger partial charge in [-0.05, 0) is 25.3 Å². The van der Waals surface area contributed by atoms with Crippen LogP contribution in [0, 0.1) is 0 Å². The summed E-state index contributed by atoms with van der Waals surface area (Å²) in [4.78, 5) is 4.38. The van der Waals surface area contributed by atoms with Gasteiger partial charge in [-0.2, -0.15) is 0 Å². The summed E-state index contributed by atoms with van der Waals surface area (Å²) >= 11 is 1.79. The Morgan fingerprint density at radius 1 is 1.45 bits per heavy atom. The first-order valence-electron chi connectivity index (χ1n) is 4.10. The van der Waals surface area contributed by atoms with Gasteiger partial charge in [-0.1, -0.05) is 13.8 Å². The van der Waals surface area contributed by atoms with Gasteiger partial charge in [-0.15, -0.1) is 0 Å². The molecule has 0 unspecified atom stereocenters. The third-order valence-electron chi connectivity index (χ3n) is 1.34. The van der Waals surface area contributed by atoms with Crippen molar-refractivity contribution in [3.63, 3.8) is 0 Å². The highest BCUT2D eigenvalue weighted by atomic mass is 32.2. The molecule has 0 aliphatic heterocycles. The zero-order valence-corrected chi connectivity index (χ0v) is 8.74. The Bertz CT molecular complexity index is 123. The highest BCUT2D eigenvalue weighted by Gasteiger charge is 1.97. The average Bonchev–Trinajstić information content (AvgIpc) is 2.00. The van der Waals surface area contributed by atoms with Crippen molar-refractivity contribution in [1.29, 1.82) is 0 Å². The Balaban J connectivity index is 3.69. The molecule has 0 aliphatic carbocycles. The van der Waals surface area contributed by atoms with Crippen molar-refractivity contribution >= 4 is 17.8 Å². The molecular formula is C8H18N2S. The summed E-state index contributed by atoms with van der Waals surface area (Å²) in [6.45, 7) is 7.29. The van der Waals surface area contributed by atoms with Crippen LogP contribution in [0.3, 0.4) is 0 Å². The Morgan fingerprint density at radius 2 is 2.09 bits per heavy atom. The lowest BCUT2D eigenvalue weighted by Crippen LogP contribution is -2.16. The smallest absolute Gasteiger partial charge is 0.105 e. The van der Waals surface area contributed by atoms with E-state index in [4.69, 9.17) is 0 Å². The topological polar surface area (TPSA) is 15.6 Å². The number of nitrogens with zero attached hydrogens (tertiary/aromatic N) is 2. The second-order valence-corrected chi connectivity index (χ2v) is 3.73. The van der Waals surface area contributed by atoms with E-state index in [-0.39, 0.29) is 0 Å². The standard InChI is InChI=1S/C8H18N2S/c1-5-7-9-8(3)10(4)11-6-2/h5-7H2,1-4H3/b9-8-. The predicted octanol–water partition coefficient (Wildman–Crippen LogP) is 2.41. The Labute approximate surface area is 74.2 Å². The quantitative estimate of drug-likeness (QED) is 0.369. The van der Waals surface area contributed by atoms with Crippen LogP contribution in [0.4, 0.5) is 0 Å². The van der Waals surface area contributed by atoms with E-state index in [9.17, 15) is 0 Å². The minimum atomic E-state index is 0.945. The molecule has 0 spiro atoms. The molecule has 2 nitrogen and oxygen atoms in total. The first-order chi connectivity index (χ1) is 5.22. The van der Waals surface area contributed by atoms with Crippen LogP contribution in [-0.2, 0) is 0 Å². The van der Waals surface area contributed by atoms with E-state index in [0.717, 1.165) is 24.6 Å². The van der Waals surface area contributed by atoms with Gasteiger partial charge in [0.1, 0.15) is 5.84 Å². The number of aliphatic imine (C=N–C) groups is 1. The Hall–Kier alpha value is -0.180. The van der Waals surface area contributed by atoms with Gasteiger partial charge in [0.15, 0.2) is 0 Å². The van der Waals surface area contributed by atoms with Crippen LogP contribution in [0.15, 0.2) is 4.99 Å². The van der Waals surface area contributed by atoms with Crippen LogP contribution in [0.25, 0.3) is 0 Å². The summed E-state index contributed by atoms with van der Waals surface area (Å²) in [5, 5.41) is 0. The predicted molar refractivity (Wildman–Crippen MR) is 54.2 cm³/mol. The molecule has 0 rings (SSSR count). The molecule has 0 bridgehead atoms. The molecule has 0 saturated heterocycles. The van der Waals surface area contributed by atoms with Crippen molar-refractivity contribution in [2.45, 2.75) is 27.2 Å². The molecule has 0 atom stereocenters. The van der Waals surface area contributed by atoms with Gasteiger partial charge in [0, 0.05) is 19.3 Å². The van der Waals surface area contributed by atoms with Gasteiger partial charge >= 0.3 is 0 Å².